The van der Waals surface area contributed by atoms with E-state index >= 15 is 0 Å². The molecular weight excluding hydrogens is 334 g/mol. The van der Waals surface area contributed by atoms with Crippen molar-refractivity contribution in [3.05, 3.63) is 66.2 Å². The number of amides is 1. The number of pyridine rings is 2. The minimum absolute atomic E-state index is 0.0341. The molecule has 1 N–H and O–H groups in total. The lowest BCUT2D eigenvalue weighted by Crippen LogP contribution is -2.28. The van der Waals surface area contributed by atoms with Crippen molar-refractivity contribution in [3.8, 4) is 5.82 Å². The van der Waals surface area contributed by atoms with Gasteiger partial charge in [-0.2, -0.15) is 5.10 Å². The van der Waals surface area contributed by atoms with Crippen LogP contribution in [0.5, 0.6) is 0 Å². The quantitative estimate of drug-likeness (QED) is 0.690. The third kappa shape index (κ3) is 4.24. The highest BCUT2D eigenvalue weighted by Crippen LogP contribution is 2.20. The van der Waals surface area contributed by atoms with Crippen molar-refractivity contribution in [1.82, 2.24) is 25.1 Å². The number of hydrogen-bond donors (Lipinski definition) is 1. The minimum Gasteiger partial charge on any atom is -0.349 e. The second-order valence-electron chi connectivity index (χ2n) is 5.53. The third-order valence-corrected chi connectivity index (χ3v) is 4.69. The fourth-order valence-corrected chi connectivity index (χ4v) is 3.16. The van der Waals surface area contributed by atoms with Crippen LogP contribution in [0.1, 0.15) is 24.2 Å². The van der Waals surface area contributed by atoms with Gasteiger partial charge in [0.1, 0.15) is 0 Å². The molecule has 0 saturated heterocycles. The maximum absolute atomic E-state index is 12.2. The SMILES string of the molecule is Cc1c([C@H](C)NC(=O)CSc2ccccn2)cnn1-c1ccccn1. The zero-order chi connectivity index (χ0) is 17.6. The van der Waals surface area contributed by atoms with Crippen LogP contribution in [0, 0.1) is 6.92 Å². The van der Waals surface area contributed by atoms with Gasteiger partial charge in [0.15, 0.2) is 5.82 Å². The molecule has 0 unspecified atom stereocenters. The number of carbonyl (C=O) groups excluding carboxylic acids is 1. The molecule has 3 rings (SSSR count). The van der Waals surface area contributed by atoms with Crippen molar-refractivity contribution in [1.29, 1.82) is 0 Å². The summed E-state index contributed by atoms with van der Waals surface area (Å²) < 4.78 is 1.78. The van der Waals surface area contributed by atoms with Gasteiger partial charge in [0.2, 0.25) is 5.91 Å². The lowest BCUT2D eigenvalue weighted by atomic mass is 10.1. The van der Waals surface area contributed by atoms with Crippen LogP contribution in [-0.4, -0.2) is 31.4 Å². The predicted octanol–water partition coefficient (Wildman–Crippen LogP) is 2.94. The van der Waals surface area contributed by atoms with E-state index in [9.17, 15) is 4.79 Å². The first-order chi connectivity index (χ1) is 12.1. The standard InChI is InChI=1S/C18H19N5OS/c1-13(22-17(24)12-25-18-8-4-6-10-20-18)15-11-21-23(14(15)2)16-7-3-5-9-19-16/h3-11,13H,12H2,1-2H3,(H,22,24)/t13-/m0/s1. The van der Waals surface area contributed by atoms with Crippen LogP contribution in [0.25, 0.3) is 5.82 Å². The summed E-state index contributed by atoms with van der Waals surface area (Å²) in [6, 6.07) is 11.2. The molecule has 3 heterocycles. The van der Waals surface area contributed by atoms with E-state index in [-0.39, 0.29) is 11.9 Å². The number of nitrogens with one attached hydrogen (secondary N) is 1. The van der Waals surface area contributed by atoms with Gasteiger partial charge in [0.25, 0.3) is 0 Å². The summed E-state index contributed by atoms with van der Waals surface area (Å²) in [7, 11) is 0. The van der Waals surface area contributed by atoms with Crippen molar-refractivity contribution in [2.45, 2.75) is 24.9 Å². The first kappa shape index (κ1) is 17.2. The molecule has 0 aliphatic rings. The predicted molar refractivity (Wildman–Crippen MR) is 97.6 cm³/mol. The molecule has 1 atom stereocenters. The van der Waals surface area contributed by atoms with E-state index < -0.39 is 0 Å². The Kier molecular flexibility index (Phi) is 5.45. The molecule has 128 valence electrons. The number of thioether (sulfide) groups is 1. The largest absolute Gasteiger partial charge is 0.349 e. The Hall–Kier alpha value is -2.67. The van der Waals surface area contributed by atoms with Crippen LogP contribution >= 0.6 is 11.8 Å². The molecular formula is C18H19N5OS. The zero-order valence-corrected chi connectivity index (χ0v) is 14.9. The Morgan fingerprint density at radius 2 is 1.96 bits per heavy atom. The maximum Gasteiger partial charge on any atom is 0.230 e. The van der Waals surface area contributed by atoms with Crippen LogP contribution in [0.4, 0.5) is 0 Å². The summed E-state index contributed by atoms with van der Waals surface area (Å²) in [5.74, 6) is 1.05. The Bertz CT molecular complexity index is 835. The smallest absolute Gasteiger partial charge is 0.230 e. The van der Waals surface area contributed by atoms with Crippen LogP contribution in [0.2, 0.25) is 0 Å². The molecule has 6 nitrogen and oxygen atoms in total. The molecule has 7 heteroatoms. The average molecular weight is 353 g/mol. The Balaban J connectivity index is 1.62. The van der Waals surface area contributed by atoms with E-state index in [0.29, 0.717) is 5.75 Å². The molecule has 0 spiro atoms. The second kappa shape index (κ2) is 7.94. The number of aromatic nitrogens is 4. The van der Waals surface area contributed by atoms with Crippen molar-refractivity contribution in [2.75, 3.05) is 5.75 Å². The van der Waals surface area contributed by atoms with Gasteiger partial charge >= 0.3 is 0 Å². The molecule has 0 aliphatic heterocycles. The molecule has 0 bridgehead atoms. The maximum atomic E-state index is 12.2. The van der Waals surface area contributed by atoms with E-state index in [1.165, 1.54) is 11.8 Å². The highest BCUT2D eigenvalue weighted by Gasteiger charge is 2.16. The average Bonchev–Trinajstić information content (AvgIpc) is 3.03. The molecule has 1 amide bonds. The van der Waals surface area contributed by atoms with Gasteiger partial charge < -0.3 is 5.32 Å². The molecule has 3 aromatic heterocycles. The van der Waals surface area contributed by atoms with Crippen molar-refractivity contribution < 1.29 is 4.79 Å². The molecule has 0 saturated carbocycles. The van der Waals surface area contributed by atoms with Crippen molar-refractivity contribution in [3.63, 3.8) is 0 Å². The number of carbonyl (C=O) groups is 1. The Labute approximate surface area is 150 Å². The summed E-state index contributed by atoms with van der Waals surface area (Å²) in [4.78, 5) is 20.7. The second-order valence-corrected chi connectivity index (χ2v) is 6.53. The molecule has 25 heavy (non-hydrogen) atoms. The van der Waals surface area contributed by atoms with E-state index in [4.69, 9.17) is 0 Å². The minimum atomic E-state index is -0.130. The van der Waals surface area contributed by atoms with Gasteiger partial charge in [-0.25, -0.2) is 14.6 Å². The van der Waals surface area contributed by atoms with Crippen LogP contribution in [-0.2, 0) is 4.79 Å². The lowest BCUT2D eigenvalue weighted by molar-refractivity contribution is -0.119. The van der Waals surface area contributed by atoms with E-state index in [1.54, 1.807) is 23.3 Å². The van der Waals surface area contributed by atoms with E-state index in [1.807, 2.05) is 50.2 Å². The molecule has 0 aromatic carbocycles. The molecule has 0 radical (unpaired) electrons. The first-order valence-corrected chi connectivity index (χ1v) is 8.93. The van der Waals surface area contributed by atoms with Crippen molar-refractivity contribution >= 4 is 17.7 Å². The van der Waals surface area contributed by atoms with Crippen LogP contribution in [0.15, 0.2) is 60.0 Å². The summed E-state index contributed by atoms with van der Waals surface area (Å²) in [5, 5.41) is 8.24. The fourth-order valence-electron chi connectivity index (χ4n) is 2.49. The van der Waals surface area contributed by atoms with Gasteiger partial charge in [-0.15, -0.1) is 0 Å². The fraction of sp³-hybridized carbons (Fsp3) is 0.222. The summed E-state index contributed by atoms with van der Waals surface area (Å²) >= 11 is 1.42. The topological polar surface area (TPSA) is 72.7 Å². The zero-order valence-electron chi connectivity index (χ0n) is 14.1. The molecule has 0 fully saturated rings. The molecule has 3 aromatic rings. The van der Waals surface area contributed by atoms with Gasteiger partial charge in [-0.3, -0.25) is 4.79 Å². The Morgan fingerprint density at radius 1 is 1.20 bits per heavy atom. The van der Waals surface area contributed by atoms with Gasteiger partial charge in [-0.05, 0) is 38.1 Å². The number of rotatable bonds is 6. The highest BCUT2D eigenvalue weighted by molar-refractivity contribution is 7.99. The highest BCUT2D eigenvalue weighted by atomic mass is 32.2. The van der Waals surface area contributed by atoms with E-state index in [0.717, 1.165) is 22.1 Å². The van der Waals surface area contributed by atoms with Gasteiger partial charge in [-0.1, -0.05) is 23.9 Å². The Morgan fingerprint density at radius 3 is 2.64 bits per heavy atom. The van der Waals surface area contributed by atoms with E-state index in [2.05, 4.69) is 20.4 Å². The number of nitrogens with zero attached hydrogens (tertiary/aromatic N) is 4. The number of hydrogen-bond acceptors (Lipinski definition) is 5. The first-order valence-electron chi connectivity index (χ1n) is 7.94. The normalized spacial score (nSPS) is 11.9. The van der Waals surface area contributed by atoms with Gasteiger partial charge in [0, 0.05) is 23.7 Å². The molecule has 0 aliphatic carbocycles. The van der Waals surface area contributed by atoms with Gasteiger partial charge in [0.05, 0.1) is 23.0 Å². The monoisotopic (exact) mass is 353 g/mol. The summed E-state index contributed by atoms with van der Waals surface area (Å²) in [5.41, 5.74) is 1.94. The summed E-state index contributed by atoms with van der Waals surface area (Å²) in [6.45, 7) is 3.93. The van der Waals surface area contributed by atoms with Crippen LogP contribution in [0.3, 0.4) is 0 Å². The lowest BCUT2D eigenvalue weighted by Gasteiger charge is -2.14. The third-order valence-electron chi connectivity index (χ3n) is 3.75. The van der Waals surface area contributed by atoms with Crippen molar-refractivity contribution in [2.24, 2.45) is 0 Å². The summed E-state index contributed by atoms with van der Waals surface area (Å²) in [6.07, 6.45) is 5.23. The van der Waals surface area contributed by atoms with Crippen LogP contribution < -0.4 is 5.32 Å².